The largest absolute Gasteiger partial charge is 0.367 e. The zero-order valence-corrected chi connectivity index (χ0v) is 17.8. The van der Waals surface area contributed by atoms with E-state index in [0.29, 0.717) is 37.0 Å². The highest BCUT2D eigenvalue weighted by Crippen LogP contribution is 2.35. The highest BCUT2D eigenvalue weighted by Gasteiger charge is 2.39. The lowest BCUT2D eigenvalue weighted by Gasteiger charge is -2.32. The van der Waals surface area contributed by atoms with Crippen LogP contribution in [0.2, 0.25) is 0 Å². The number of sulfonamides is 1. The molecule has 1 aliphatic heterocycles. The molecule has 0 radical (unpaired) electrons. The molecule has 0 N–H and O–H groups in total. The van der Waals surface area contributed by atoms with Gasteiger partial charge in [-0.15, -0.1) is 0 Å². The van der Waals surface area contributed by atoms with Gasteiger partial charge in [0.1, 0.15) is 17.2 Å². The van der Waals surface area contributed by atoms with E-state index < -0.39 is 16.1 Å². The Hall–Kier alpha value is -2.56. The minimum Gasteiger partial charge on any atom is -0.367 e. The Morgan fingerprint density at radius 2 is 1.90 bits per heavy atom. The van der Waals surface area contributed by atoms with E-state index in [2.05, 4.69) is 15.3 Å². The molecular formula is C20H24N4O5S. The maximum absolute atomic E-state index is 13.3. The Bertz CT molecular complexity index is 1070. The molecule has 0 unspecified atom stereocenters. The van der Waals surface area contributed by atoms with Crippen LogP contribution >= 0.6 is 0 Å². The first-order valence-electron chi connectivity index (χ1n) is 9.85. The normalized spacial score (nSPS) is 18.0. The van der Waals surface area contributed by atoms with Crippen molar-refractivity contribution in [2.24, 2.45) is 0 Å². The molecule has 30 heavy (non-hydrogen) atoms. The van der Waals surface area contributed by atoms with Crippen LogP contribution in [0.15, 0.2) is 44.3 Å². The van der Waals surface area contributed by atoms with Crippen molar-refractivity contribution >= 4 is 10.0 Å². The number of aromatic nitrogens is 3. The number of nitrogens with zero attached hydrogens (tertiary/aromatic N) is 4. The SMILES string of the molecule is Cc1noc(C)c1S(=O)(=O)N1CCCC[C@H]1c1noc(COCc2ccccc2)n1. The first-order valence-corrected chi connectivity index (χ1v) is 11.3. The lowest BCUT2D eigenvalue weighted by atomic mass is 10.0. The second-order valence-electron chi connectivity index (χ2n) is 7.31. The molecule has 10 heteroatoms. The third-order valence-corrected chi connectivity index (χ3v) is 7.26. The van der Waals surface area contributed by atoms with Crippen LogP contribution in [-0.4, -0.2) is 34.6 Å². The lowest BCUT2D eigenvalue weighted by Crippen LogP contribution is -2.39. The molecule has 1 atom stereocenters. The summed E-state index contributed by atoms with van der Waals surface area (Å²) in [5, 5.41) is 7.83. The number of aryl methyl sites for hydroxylation is 2. The zero-order chi connectivity index (χ0) is 21.1. The highest BCUT2D eigenvalue weighted by molar-refractivity contribution is 7.89. The van der Waals surface area contributed by atoms with Crippen LogP contribution in [0.3, 0.4) is 0 Å². The summed E-state index contributed by atoms with van der Waals surface area (Å²) in [6, 6.07) is 9.28. The number of hydrogen-bond donors (Lipinski definition) is 0. The molecule has 0 bridgehead atoms. The zero-order valence-electron chi connectivity index (χ0n) is 16.9. The summed E-state index contributed by atoms with van der Waals surface area (Å²) in [7, 11) is -3.80. The van der Waals surface area contributed by atoms with Crippen LogP contribution in [0, 0.1) is 13.8 Å². The van der Waals surface area contributed by atoms with E-state index in [1.54, 1.807) is 13.8 Å². The number of rotatable bonds is 7. The van der Waals surface area contributed by atoms with Crippen molar-refractivity contribution in [2.75, 3.05) is 6.54 Å². The summed E-state index contributed by atoms with van der Waals surface area (Å²) < 4.78 is 44.1. The molecule has 9 nitrogen and oxygen atoms in total. The Labute approximate surface area is 175 Å². The van der Waals surface area contributed by atoms with Crippen molar-refractivity contribution < 1.29 is 22.2 Å². The van der Waals surface area contributed by atoms with Crippen LogP contribution in [-0.2, 0) is 28.0 Å². The molecule has 3 heterocycles. The highest BCUT2D eigenvalue weighted by atomic mass is 32.2. The van der Waals surface area contributed by atoms with Crippen LogP contribution < -0.4 is 0 Å². The number of ether oxygens (including phenoxy) is 1. The van der Waals surface area contributed by atoms with Gasteiger partial charge in [0.2, 0.25) is 10.0 Å². The summed E-state index contributed by atoms with van der Waals surface area (Å²) in [5.41, 5.74) is 1.39. The Morgan fingerprint density at radius 1 is 1.10 bits per heavy atom. The van der Waals surface area contributed by atoms with E-state index in [1.165, 1.54) is 4.31 Å². The molecule has 0 saturated carbocycles. The summed E-state index contributed by atoms with van der Waals surface area (Å²) in [6.45, 7) is 4.19. The number of hydrogen-bond acceptors (Lipinski definition) is 8. The topological polar surface area (TPSA) is 112 Å². The molecule has 1 fully saturated rings. The van der Waals surface area contributed by atoms with Gasteiger partial charge in [0.25, 0.3) is 5.89 Å². The van der Waals surface area contributed by atoms with Crippen molar-refractivity contribution in [3.05, 3.63) is 59.1 Å². The molecule has 2 aromatic heterocycles. The van der Waals surface area contributed by atoms with Crippen LogP contribution in [0.25, 0.3) is 0 Å². The Kier molecular flexibility index (Phi) is 5.98. The average Bonchev–Trinajstić information content (AvgIpc) is 3.35. The van der Waals surface area contributed by atoms with Crippen molar-refractivity contribution in [1.82, 2.24) is 19.6 Å². The molecule has 160 valence electrons. The van der Waals surface area contributed by atoms with E-state index in [0.717, 1.165) is 18.4 Å². The molecule has 1 aromatic carbocycles. The van der Waals surface area contributed by atoms with Gasteiger partial charge in [0.15, 0.2) is 11.6 Å². The minimum atomic E-state index is -3.80. The van der Waals surface area contributed by atoms with E-state index in [1.807, 2.05) is 30.3 Å². The van der Waals surface area contributed by atoms with Crippen molar-refractivity contribution in [3.63, 3.8) is 0 Å². The fraction of sp³-hybridized carbons (Fsp3) is 0.450. The van der Waals surface area contributed by atoms with Crippen LogP contribution in [0.5, 0.6) is 0 Å². The maximum atomic E-state index is 13.3. The Morgan fingerprint density at radius 3 is 2.63 bits per heavy atom. The smallest absolute Gasteiger partial charge is 0.252 e. The molecule has 1 saturated heterocycles. The van der Waals surface area contributed by atoms with E-state index in [9.17, 15) is 8.42 Å². The molecule has 1 aliphatic rings. The maximum Gasteiger partial charge on any atom is 0.252 e. The van der Waals surface area contributed by atoms with Gasteiger partial charge in [-0.2, -0.15) is 9.29 Å². The first-order chi connectivity index (χ1) is 14.5. The van der Waals surface area contributed by atoms with Crippen molar-refractivity contribution in [2.45, 2.75) is 57.3 Å². The van der Waals surface area contributed by atoms with Gasteiger partial charge < -0.3 is 13.8 Å². The fourth-order valence-corrected chi connectivity index (χ4v) is 5.65. The van der Waals surface area contributed by atoms with Gasteiger partial charge in [-0.05, 0) is 32.3 Å². The number of benzene rings is 1. The van der Waals surface area contributed by atoms with Crippen molar-refractivity contribution in [3.8, 4) is 0 Å². The summed E-state index contributed by atoms with van der Waals surface area (Å²) in [5.74, 6) is 0.949. The van der Waals surface area contributed by atoms with E-state index in [4.69, 9.17) is 13.8 Å². The lowest BCUT2D eigenvalue weighted by molar-refractivity contribution is 0.0850. The monoisotopic (exact) mass is 432 g/mol. The van der Waals surface area contributed by atoms with Crippen LogP contribution in [0.4, 0.5) is 0 Å². The van der Waals surface area contributed by atoms with Crippen molar-refractivity contribution in [1.29, 1.82) is 0 Å². The molecule has 3 aromatic rings. The van der Waals surface area contributed by atoms with Gasteiger partial charge in [0, 0.05) is 6.54 Å². The van der Waals surface area contributed by atoms with Crippen LogP contribution in [0.1, 0.15) is 54.0 Å². The summed E-state index contributed by atoms with van der Waals surface area (Å²) >= 11 is 0. The predicted octanol–water partition coefficient (Wildman–Crippen LogP) is 3.31. The third kappa shape index (κ3) is 4.16. The minimum absolute atomic E-state index is 0.115. The Balaban J connectivity index is 1.50. The molecule has 4 rings (SSSR count). The standard InChI is InChI=1S/C20H24N4O5S/c1-14-19(15(2)28-22-14)30(25,26)24-11-7-6-10-17(24)20-21-18(29-23-20)13-27-12-16-8-4-3-5-9-16/h3-5,8-9,17H,6-7,10-13H2,1-2H3/t17-/m0/s1. The number of piperidine rings is 1. The van der Waals surface area contributed by atoms with Gasteiger partial charge in [-0.25, -0.2) is 8.42 Å². The first kappa shape index (κ1) is 20.7. The summed E-state index contributed by atoms with van der Waals surface area (Å²) in [4.78, 5) is 4.52. The van der Waals surface area contributed by atoms with E-state index >= 15 is 0 Å². The van der Waals surface area contributed by atoms with E-state index in [-0.39, 0.29) is 17.3 Å². The van der Waals surface area contributed by atoms with Gasteiger partial charge in [-0.1, -0.05) is 47.1 Å². The third-order valence-electron chi connectivity index (χ3n) is 5.11. The molecule has 0 aliphatic carbocycles. The second kappa shape index (κ2) is 8.66. The molecule has 0 spiro atoms. The second-order valence-corrected chi connectivity index (χ2v) is 9.13. The molecule has 0 amide bonds. The fourth-order valence-electron chi connectivity index (χ4n) is 3.70. The average molecular weight is 433 g/mol. The molecular weight excluding hydrogens is 408 g/mol. The summed E-state index contributed by atoms with van der Waals surface area (Å²) in [6.07, 6.45) is 2.27. The quantitative estimate of drug-likeness (QED) is 0.559. The van der Waals surface area contributed by atoms with Gasteiger partial charge in [0.05, 0.1) is 12.6 Å². The van der Waals surface area contributed by atoms with Gasteiger partial charge >= 0.3 is 0 Å². The van der Waals surface area contributed by atoms with Gasteiger partial charge in [-0.3, -0.25) is 0 Å². The predicted molar refractivity (Wildman–Crippen MR) is 106 cm³/mol.